The van der Waals surface area contributed by atoms with Crippen molar-refractivity contribution < 1.29 is 19.0 Å². The number of rotatable bonds is 10. The van der Waals surface area contributed by atoms with Crippen molar-refractivity contribution in [3.63, 3.8) is 0 Å². The van der Waals surface area contributed by atoms with Gasteiger partial charge in [0, 0.05) is 6.61 Å². The molecule has 140 valence electrons. The van der Waals surface area contributed by atoms with Gasteiger partial charge in [-0.25, -0.2) is 4.79 Å². The van der Waals surface area contributed by atoms with Crippen LogP contribution in [0.4, 0.5) is 0 Å². The average Bonchev–Trinajstić information content (AvgIpc) is 2.67. The van der Waals surface area contributed by atoms with Gasteiger partial charge in [-0.15, -0.1) is 0 Å². The van der Waals surface area contributed by atoms with E-state index in [4.69, 9.17) is 14.2 Å². The molecule has 0 bridgehead atoms. The molecule has 4 nitrogen and oxygen atoms in total. The van der Waals surface area contributed by atoms with E-state index in [1.165, 1.54) is 0 Å². The maximum atomic E-state index is 12.4. The molecule has 0 heterocycles. The summed E-state index contributed by atoms with van der Waals surface area (Å²) in [5.74, 6) is 0.618. The Morgan fingerprint density at radius 2 is 1.62 bits per heavy atom. The number of hydrogen-bond acceptors (Lipinski definition) is 4. The standard InChI is InChI=1S/C22H28O4/c1-4-6-16-24-17(3)18-11-13-19(14-12-18)22(23)26-21-10-8-7-9-20(21)25-15-5-2/h7-14,17H,4-6,15-16H2,1-3H3. The van der Waals surface area contributed by atoms with E-state index in [0.29, 0.717) is 23.7 Å². The molecule has 0 aliphatic heterocycles. The van der Waals surface area contributed by atoms with E-state index in [1.54, 1.807) is 24.3 Å². The summed E-state index contributed by atoms with van der Waals surface area (Å²) in [6.45, 7) is 7.52. The molecule has 0 saturated heterocycles. The lowest BCUT2D eigenvalue weighted by Crippen LogP contribution is -2.10. The zero-order chi connectivity index (χ0) is 18.8. The first-order chi connectivity index (χ1) is 12.7. The van der Waals surface area contributed by atoms with Crippen molar-refractivity contribution in [1.29, 1.82) is 0 Å². The molecule has 1 atom stereocenters. The minimum atomic E-state index is -0.399. The number of para-hydroxylation sites is 2. The molecule has 0 saturated carbocycles. The second kappa shape index (κ2) is 10.6. The summed E-state index contributed by atoms with van der Waals surface area (Å²) in [6, 6.07) is 14.6. The molecule has 2 rings (SSSR count). The van der Waals surface area contributed by atoms with Gasteiger partial charge in [0.15, 0.2) is 11.5 Å². The maximum absolute atomic E-state index is 12.4. The zero-order valence-electron chi connectivity index (χ0n) is 15.9. The molecular formula is C22H28O4. The summed E-state index contributed by atoms with van der Waals surface area (Å²) in [4.78, 5) is 12.4. The van der Waals surface area contributed by atoms with Crippen LogP contribution in [-0.2, 0) is 4.74 Å². The molecule has 0 aromatic heterocycles. The topological polar surface area (TPSA) is 44.8 Å². The van der Waals surface area contributed by atoms with Gasteiger partial charge in [0.05, 0.1) is 18.3 Å². The third-order valence-electron chi connectivity index (χ3n) is 4.00. The second-order valence-electron chi connectivity index (χ2n) is 6.17. The van der Waals surface area contributed by atoms with Gasteiger partial charge in [-0.2, -0.15) is 0 Å². The van der Waals surface area contributed by atoms with Crippen LogP contribution in [0.25, 0.3) is 0 Å². The Labute approximate surface area is 156 Å². The van der Waals surface area contributed by atoms with Gasteiger partial charge in [-0.1, -0.05) is 44.5 Å². The Kier molecular flexibility index (Phi) is 8.16. The quantitative estimate of drug-likeness (QED) is 0.317. The lowest BCUT2D eigenvalue weighted by atomic mass is 10.1. The molecule has 4 heteroatoms. The van der Waals surface area contributed by atoms with Gasteiger partial charge in [-0.3, -0.25) is 0 Å². The summed E-state index contributed by atoms with van der Waals surface area (Å²) in [6.07, 6.45) is 3.06. The van der Waals surface area contributed by atoms with E-state index in [-0.39, 0.29) is 6.10 Å². The van der Waals surface area contributed by atoms with E-state index >= 15 is 0 Å². The lowest BCUT2D eigenvalue weighted by molar-refractivity contribution is 0.0635. The number of benzene rings is 2. The third kappa shape index (κ3) is 5.88. The first-order valence-corrected chi connectivity index (χ1v) is 9.31. The molecule has 0 aliphatic rings. The van der Waals surface area contributed by atoms with Gasteiger partial charge in [-0.05, 0) is 49.6 Å². The summed E-state index contributed by atoms with van der Waals surface area (Å²) in [5, 5.41) is 0. The van der Waals surface area contributed by atoms with E-state index in [9.17, 15) is 4.79 Å². The van der Waals surface area contributed by atoms with Gasteiger partial charge in [0.25, 0.3) is 0 Å². The largest absolute Gasteiger partial charge is 0.490 e. The molecule has 2 aromatic carbocycles. The van der Waals surface area contributed by atoms with Gasteiger partial charge in [0.2, 0.25) is 0 Å². The van der Waals surface area contributed by atoms with Crippen molar-refractivity contribution >= 4 is 5.97 Å². The van der Waals surface area contributed by atoms with Crippen molar-refractivity contribution in [1.82, 2.24) is 0 Å². The minimum absolute atomic E-state index is 0.00907. The molecule has 0 N–H and O–H groups in total. The fourth-order valence-corrected chi connectivity index (χ4v) is 2.42. The van der Waals surface area contributed by atoms with Crippen molar-refractivity contribution in [2.75, 3.05) is 13.2 Å². The summed E-state index contributed by atoms with van der Waals surface area (Å²) in [5.41, 5.74) is 1.55. The highest BCUT2D eigenvalue weighted by atomic mass is 16.6. The summed E-state index contributed by atoms with van der Waals surface area (Å²) in [7, 11) is 0. The predicted molar refractivity (Wildman–Crippen MR) is 103 cm³/mol. The van der Waals surface area contributed by atoms with Crippen LogP contribution in [0.3, 0.4) is 0 Å². The molecule has 0 fully saturated rings. The minimum Gasteiger partial charge on any atom is -0.490 e. The molecule has 0 radical (unpaired) electrons. The number of carbonyl (C=O) groups is 1. The van der Waals surface area contributed by atoms with Gasteiger partial charge < -0.3 is 14.2 Å². The fraction of sp³-hybridized carbons (Fsp3) is 0.409. The molecule has 0 amide bonds. The first-order valence-electron chi connectivity index (χ1n) is 9.31. The highest BCUT2D eigenvalue weighted by Crippen LogP contribution is 2.27. The van der Waals surface area contributed by atoms with Gasteiger partial charge >= 0.3 is 5.97 Å². The first kappa shape index (κ1) is 20.0. The van der Waals surface area contributed by atoms with Crippen LogP contribution < -0.4 is 9.47 Å². The normalized spacial score (nSPS) is 11.8. The third-order valence-corrected chi connectivity index (χ3v) is 4.00. The Morgan fingerprint density at radius 1 is 0.923 bits per heavy atom. The van der Waals surface area contributed by atoms with Crippen molar-refractivity contribution in [3.05, 3.63) is 59.7 Å². The molecule has 2 aromatic rings. The van der Waals surface area contributed by atoms with Crippen LogP contribution in [0.1, 0.15) is 62.1 Å². The number of carbonyl (C=O) groups excluding carboxylic acids is 1. The SMILES string of the molecule is CCCCOC(C)c1ccc(C(=O)Oc2ccccc2OCCC)cc1. The van der Waals surface area contributed by atoms with E-state index < -0.39 is 5.97 Å². The number of esters is 1. The van der Waals surface area contributed by atoms with Gasteiger partial charge in [0.1, 0.15) is 0 Å². The summed E-state index contributed by atoms with van der Waals surface area (Å²) >= 11 is 0. The molecule has 26 heavy (non-hydrogen) atoms. The number of hydrogen-bond donors (Lipinski definition) is 0. The smallest absolute Gasteiger partial charge is 0.343 e. The fourth-order valence-electron chi connectivity index (χ4n) is 2.42. The maximum Gasteiger partial charge on any atom is 0.343 e. The Hall–Kier alpha value is -2.33. The Balaban J connectivity index is 2.00. The lowest BCUT2D eigenvalue weighted by Gasteiger charge is -2.14. The number of unbranched alkanes of at least 4 members (excludes halogenated alkanes) is 1. The average molecular weight is 356 g/mol. The second-order valence-corrected chi connectivity index (χ2v) is 6.17. The van der Waals surface area contributed by atoms with Crippen LogP contribution in [0.15, 0.2) is 48.5 Å². The van der Waals surface area contributed by atoms with Crippen LogP contribution in [-0.4, -0.2) is 19.2 Å². The highest BCUT2D eigenvalue weighted by Gasteiger charge is 2.13. The number of ether oxygens (including phenoxy) is 3. The summed E-state index contributed by atoms with van der Waals surface area (Å²) < 4.78 is 16.9. The van der Waals surface area contributed by atoms with Crippen LogP contribution in [0.5, 0.6) is 11.5 Å². The molecule has 0 spiro atoms. The monoisotopic (exact) mass is 356 g/mol. The Bertz CT molecular complexity index is 679. The van der Waals surface area contributed by atoms with Crippen molar-refractivity contribution in [3.8, 4) is 11.5 Å². The van der Waals surface area contributed by atoms with Crippen LogP contribution in [0.2, 0.25) is 0 Å². The van der Waals surface area contributed by atoms with E-state index in [0.717, 1.165) is 31.4 Å². The van der Waals surface area contributed by atoms with Crippen molar-refractivity contribution in [2.45, 2.75) is 46.1 Å². The predicted octanol–water partition coefficient (Wildman–Crippen LogP) is 5.57. The van der Waals surface area contributed by atoms with Crippen molar-refractivity contribution in [2.24, 2.45) is 0 Å². The van der Waals surface area contributed by atoms with Crippen LogP contribution in [0, 0.1) is 0 Å². The molecule has 0 aliphatic carbocycles. The van der Waals surface area contributed by atoms with E-state index in [1.807, 2.05) is 38.1 Å². The van der Waals surface area contributed by atoms with E-state index in [2.05, 4.69) is 6.92 Å². The molecular weight excluding hydrogens is 328 g/mol. The van der Waals surface area contributed by atoms with Crippen LogP contribution >= 0.6 is 0 Å². The molecule has 1 unspecified atom stereocenters. The highest BCUT2D eigenvalue weighted by molar-refractivity contribution is 5.91. The zero-order valence-corrected chi connectivity index (χ0v) is 15.9. The Morgan fingerprint density at radius 3 is 2.27 bits per heavy atom.